The number of ether oxygens (including phenoxy) is 1. The van der Waals surface area contributed by atoms with Gasteiger partial charge < -0.3 is 10.5 Å². The zero-order valence-corrected chi connectivity index (χ0v) is 12.6. The van der Waals surface area contributed by atoms with Crippen LogP contribution in [0, 0.1) is 0 Å². The van der Waals surface area contributed by atoms with Gasteiger partial charge in [-0.05, 0) is 44.0 Å². The van der Waals surface area contributed by atoms with Gasteiger partial charge in [-0.15, -0.1) is 0 Å². The molecule has 2 rings (SSSR count). The first-order valence-corrected chi connectivity index (χ1v) is 8.20. The second kappa shape index (κ2) is 6.31. The maximum atomic E-state index is 12.4. The van der Waals surface area contributed by atoms with Gasteiger partial charge in [0.1, 0.15) is 6.04 Å². The van der Waals surface area contributed by atoms with Gasteiger partial charge in [-0.1, -0.05) is 0 Å². The van der Waals surface area contributed by atoms with Crippen molar-refractivity contribution in [2.45, 2.75) is 25.8 Å². The van der Waals surface area contributed by atoms with Crippen LogP contribution in [-0.4, -0.2) is 37.9 Å². The Morgan fingerprint density at radius 2 is 2.10 bits per heavy atom. The Labute approximate surface area is 124 Å². The molecule has 7 nitrogen and oxygen atoms in total. The third kappa shape index (κ3) is 3.64. The first-order valence-electron chi connectivity index (χ1n) is 6.76. The van der Waals surface area contributed by atoms with Crippen LogP contribution in [0.15, 0.2) is 24.3 Å². The SMILES string of the molecule is CCOC(=O)C1CCCN1S(=O)(=O)Nc1ccc(N)cc1. The van der Waals surface area contributed by atoms with Crippen molar-refractivity contribution in [2.24, 2.45) is 0 Å². The molecule has 0 radical (unpaired) electrons. The number of hydrogen-bond acceptors (Lipinski definition) is 5. The van der Waals surface area contributed by atoms with Gasteiger partial charge in [0, 0.05) is 17.9 Å². The van der Waals surface area contributed by atoms with E-state index < -0.39 is 22.2 Å². The van der Waals surface area contributed by atoms with Gasteiger partial charge in [0.2, 0.25) is 0 Å². The minimum atomic E-state index is -3.80. The molecule has 0 spiro atoms. The quantitative estimate of drug-likeness (QED) is 0.622. The van der Waals surface area contributed by atoms with Crippen LogP contribution in [0.3, 0.4) is 0 Å². The third-order valence-electron chi connectivity index (χ3n) is 3.23. The first-order chi connectivity index (χ1) is 9.94. The van der Waals surface area contributed by atoms with Crippen LogP contribution in [0.5, 0.6) is 0 Å². The van der Waals surface area contributed by atoms with Gasteiger partial charge >= 0.3 is 16.2 Å². The van der Waals surface area contributed by atoms with E-state index in [-0.39, 0.29) is 6.61 Å². The van der Waals surface area contributed by atoms with Crippen LogP contribution in [0.25, 0.3) is 0 Å². The Morgan fingerprint density at radius 3 is 2.71 bits per heavy atom. The Bertz CT molecular complexity index is 600. The fraction of sp³-hybridized carbons (Fsp3) is 0.462. The normalized spacial score (nSPS) is 19.4. The standard InChI is InChI=1S/C13H19N3O4S/c1-2-20-13(17)12-4-3-9-16(12)21(18,19)15-11-7-5-10(14)6-8-11/h5-8,12,15H,2-4,9,14H2,1H3. The van der Waals surface area contributed by atoms with Crippen LogP contribution in [0.1, 0.15) is 19.8 Å². The number of esters is 1. The van der Waals surface area contributed by atoms with Gasteiger partial charge in [-0.25, -0.2) is 0 Å². The first kappa shape index (κ1) is 15.6. The number of nitrogens with zero attached hydrogens (tertiary/aromatic N) is 1. The summed E-state index contributed by atoms with van der Waals surface area (Å²) in [6.07, 6.45) is 1.10. The number of nitrogen functional groups attached to an aromatic ring is 1. The van der Waals surface area contributed by atoms with Crippen LogP contribution in [0.4, 0.5) is 11.4 Å². The number of hydrogen-bond donors (Lipinski definition) is 2. The summed E-state index contributed by atoms with van der Waals surface area (Å²) in [5.41, 5.74) is 6.51. The summed E-state index contributed by atoms with van der Waals surface area (Å²) in [7, 11) is -3.80. The van der Waals surface area contributed by atoms with E-state index in [4.69, 9.17) is 10.5 Å². The van der Waals surface area contributed by atoms with Gasteiger partial charge in [-0.3, -0.25) is 9.52 Å². The van der Waals surface area contributed by atoms with Crippen LogP contribution < -0.4 is 10.5 Å². The predicted octanol–water partition coefficient (Wildman–Crippen LogP) is 0.953. The van der Waals surface area contributed by atoms with E-state index in [9.17, 15) is 13.2 Å². The lowest BCUT2D eigenvalue weighted by Crippen LogP contribution is -2.44. The average molecular weight is 313 g/mol. The smallest absolute Gasteiger partial charge is 0.324 e. The summed E-state index contributed by atoms with van der Waals surface area (Å²) in [6.45, 7) is 2.22. The van der Waals surface area contributed by atoms with Crippen LogP contribution >= 0.6 is 0 Å². The van der Waals surface area contributed by atoms with Gasteiger partial charge in [0.05, 0.1) is 6.61 Å². The molecule has 0 aliphatic carbocycles. The predicted molar refractivity (Wildman–Crippen MR) is 79.8 cm³/mol. The lowest BCUT2D eigenvalue weighted by atomic mass is 10.2. The number of nitrogens with one attached hydrogen (secondary N) is 1. The van der Waals surface area contributed by atoms with Crippen molar-refractivity contribution in [2.75, 3.05) is 23.6 Å². The maximum absolute atomic E-state index is 12.4. The molecule has 0 bridgehead atoms. The van der Waals surface area contributed by atoms with E-state index in [0.29, 0.717) is 30.8 Å². The van der Waals surface area contributed by atoms with Crippen molar-refractivity contribution in [3.8, 4) is 0 Å². The van der Waals surface area contributed by atoms with E-state index in [0.717, 1.165) is 4.31 Å². The Morgan fingerprint density at radius 1 is 1.43 bits per heavy atom. The van der Waals surface area contributed by atoms with Gasteiger partial charge in [0.25, 0.3) is 0 Å². The average Bonchev–Trinajstić information content (AvgIpc) is 2.92. The molecule has 1 aliphatic rings. The second-order valence-electron chi connectivity index (χ2n) is 4.75. The van der Waals surface area contributed by atoms with Crippen molar-refractivity contribution < 1.29 is 17.9 Å². The molecule has 1 aromatic carbocycles. The molecule has 3 N–H and O–H groups in total. The molecule has 1 unspecified atom stereocenters. The highest BCUT2D eigenvalue weighted by Gasteiger charge is 2.39. The third-order valence-corrected chi connectivity index (χ3v) is 4.78. The van der Waals surface area contributed by atoms with Gasteiger partial charge in [-0.2, -0.15) is 12.7 Å². The second-order valence-corrected chi connectivity index (χ2v) is 6.37. The zero-order chi connectivity index (χ0) is 15.5. The fourth-order valence-electron chi connectivity index (χ4n) is 2.26. The number of benzene rings is 1. The minimum absolute atomic E-state index is 0.231. The lowest BCUT2D eigenvalue weighted by Gasteiger charge is -2.23. The summed E-state index contributed by atoms with van der Waals surface area (Å²) in [5.74, 6) is -0.502. The molecular formula is C13H19N3O4S. The fourth-order valence-corrected chi connectivity index (χ4v) is 3.71. The summed E-state index contributed by atoms with van der Waals surface area (Å²) >= 11 is 0. The zero-order valence-electron chi connectivity index (χ0n) is 11.8. The number of rotatable bonds is 5. The summed E-state index contributed by atoms with van der Waals surface area (Å²) < 4.78 is 33.3. The number of carbonyl (C=O) groups excluding carboxylic acids is 1. The van der Waals surface area contributed by atoms with Crippen molar-refractivity contribution in [3.63, 3.8) is 0 Å². The van der Waals surface area contributed by atoms with Crippen molar-refractivity contribution in [1.82, 2.24) is 4.31 Å². The molecule has 21 heavy (non-hydrogen) atoms. The van der Waals surface area contributed by atoms with E-state index in [1.165, 1.54) is 0 Å². The molecule has 116 valence electrons. The Balaban J connectivity index is 2.14. The molecule has 0 aromatic heterocycles. The molecule has 1 aliphatic heterocycles. The molecular weight excluding hydrogens is 294 g/mol. The molecule has 1 fully saturated rings. The van der Waals surface area contributed by atoms with Crippen molar-refractivity contribution >= 4 is 27.6 Å². The molecule has 0 amide bonds. The Hall–Kier alpha value is -1.80. The molecule has 1 saturated heterocycles. The minimum Gasteiger partial charge on any atom is -0.465 e. The summed E-state index contributed by atoms with van der Waals surface area (Å²) in [6, 6.07) is 5.59. The highest BCUT2D eigenvalue weighted by atomic mass is 32.2. The van der Waals surface area contributed by atoms with E-state index >= 15 is 0 Å². The van der Waals surface area contributed by atoms with Crippen LogP contribution in [-0.2, 0) is 19.7 Å². The van der Waals surface area contributed by atoms with Crippen molar-refractivity contribution in [3.05, 3.63) is 24.3 Å². The molecule has 1 aromatic rings. The topological polar surface area (TPSA) is 102 Å². The Kier molecular flexibility index (Phi) is 4.69. The molecule has 0 saturated carbocycles. The van der Waals surface area contributed by atoms with E-state index in [2.05, 4.69) is 4.72 Å². The molecule has 1 atom stereocenters. The summed E-state index contributed by atoms with van der Waals surface area (Å²) in [4.78, 5) is 11.8. The van der Waals surface area contributed by atoms with E-state index in [1.807, 2.05) is 0 Å². The molecule has 8 heteroatoms. The number of anilines is 2. The molecule has 1 heterocycles. The van der Waals surface area contributed by atoms with Crippen molar-refractivity contribution in [1.29, 1.82) is 0 Å². The van der Waals surface area contributed by atoms with Gasteiger partial charge in [0.15, 0.2) is 0 Å². The highest BCUT2D eigenvalue weighted by Crippen LogP contribution is 2.24. The van der Waals surface area contributed by atoms with Crippen LogP contribution in [0.2, 0.25) is 0 Å². The van der Waals surface area contributed by atoms with E-state index in [1.54, 1.807) is 31.2 Å². The summed E-state index contributed by atoms with van der Waals surface area (Å²) in [5, 5.41) is 0. The monoisotopic (exact) mass is 313 g/mol. The highest BCUT2D eigenvalue weighted by molar-refractivity contribution is 7.90. The maximum Gasteiger partial charge on any atom is 0.324 e. The number of carbonyl (C=O) groups is 1. The lowest BCUT2D eigenvalue weighted by molar-refractivity contribution is -0.146. The number of nitrogens with two attached hydrogens (primary N) is 1. The largest absolute Gasteiger partial charge is 0.465 e.